The number of benzene rings is 1. The summed E-state index contributed by atoms with van der Waals surface area (Å²) in [6.45, 7) is 1.76. The van der Waals surface area contributed by atoms with Crippen molar-refractivity contribution in [3.63, 3.8) is 0 Å². The minimum Gasteiger partial charge on any atom is -0.469 e. The first-order valence-corrected chi connectivity index (χ1v) is 5.33. The highest BCUT2D eigenvalue weighted by Gasteiger charge is 2.17. The summed E-state index contributed by atoms with van der Waals surface area (Å²) in [5.74, 6) is 0.804. The molecular weight excluding hydrogens is 216 g/mol. The van der Waals surface area contributed by atoms with Crippen LogP contribution in [0.5, 0.6) is 0 Å². The SMILES string of the molecule is Cc1occc1C(=O)c1cc2ccccc2o1. The van der Waals surface area contributed by atoms with Crippen LogP contribution >= 0.6 is 0 Å². The Bertz CT molecular complexity index is 655. The van der Waals surface area contributed by atoms with E-state index in [-0.39, 0.29) is 5.78 Å². The Labute approximate surface area is 97.7 Å². The zero-order chi connectivity index (χ0) is 11.8. The molecule has 0 amide bonds. The molecule has 0 atom stereocenters. The van der Waals surface area contributed by atoms with Crippen molar-refractivity contribution in [2.45, 2.75) is 6.92 Å². The molecule has 0 saturated heterocycles. The van der Waals surface area contributed by atoms with Gasteiger partial charge in [-0.25, -0.2) is 0 Å². The highest BCUT2D eigenvalue weighted by atomic mass is 16.3. The normalized spacial score (nSPS) is 10.9. The van der Waals surface area contributed by atoms with E-state index in [1.54, 1.807) is 19.1 Å². The van der Waals surface area contributed by atoms with E-state index in [1.807, 2.05) is 24.3 Å². The fraction of sp³-hybridized carbons (Fsp3) is 0.0714. The van der Waals surface area contributed by atoms with Gasteiger partial charge < -0.3 is 8.83 Å². The number of fused-ring (bicyclic) bond motifs is 1. The molecule has 3 aromatic rings. The van der Waals surface area contributed by atoms with E-state index < -0.39 is 0 Å². The summed E-state index contributed by atoms with van der Waals surface area (Å²) in [5.41, 5.74) is 1.26. The van der Waals surface area contributed by atoms with E-state index in [9.17, 15) is 4.79 Å². The maximum absolute atomic E-state index is 12.1. The summed E-state index contributed by atoms with van der Waals surface area (Å²) in [4.78, 5) is 12.1. The third-order valence-electron chi connectivity index (χ3n) is 2.75. The first kappa shape index (κ1) is 9.90. The molecule has 3 nitrogen and oxygen atoms in total. The van der Waals surface area contributed by atoms with Crippen molar-refractivity contribution in [3.8, 4) is 0 Å². The van der Waals surface area contributed by atoms with Gasteiger partial charge in [0, 0.05) is 5.39 Å². The molecule has 0 aliphatic heterocycles. The second-order valence-electron chi connectivity index (χ2n) is 3.87. The molecule has 2 aromatic heterocycles. The summed E-state index contributed by atoms with van der Waals surface area (Å²) in [6.07, 6.45) is 1.51. The van der Waals surface area contributed by atoms with Crippen LogP contribution in [0.25, 0.3) is 11.0 Å². The van der Waals surface area contributed by atoms with Gasteiger partial charge in [-0.15, -0.1) is 0 Å². The van der Waals surface area contributed by atoms with Crippen LogP contribution in [0, 0.1) is 6.92 Å². The van der Waals surface area contributed by atoms with Crippen molar-refractivity contribution in [3.05, 3.63) is 59.7 Å². The van der Waals surface area contributed by atoms with Gasteiger partial charge >= 0.3 is 0 Å². The molecule has 0 aliphatic carbocycles. The fourth-order valence-electron chi connectivity index (χ4n) is 1.85. The van der Waals surface area contributed by atoms with Crippen LogP contribution in [0.4, 0.5) is 0 Å². The van der Waals surface area contributed by atoms with E-state index in [2.05, 4.69) is 0 Å². The minimum atomic E-state index is -0.146. The molecule has 1 aromatic carbocycles. The summed E-state index contributed by atoms with van der Waals surface area (Å²) < 4.78 is 10.6. The molecule has 17 heavy (non-hydrogen) atoms. The fourth-order valence-corrected chi connectivity index (χ4v) is 1.85. The number of hydrogen-bond acceptors (Lipinski definition) is 3. The Hall–Kier alpha value is -2.29. The van der Waals surface area contributed by atoms with Gasteiger partial charge in [0.05, 0.1) is 11.8 Å². The molecule has 0 bridgehead atoms. The van der Waals surface area contributed by atoms with Gasteiger partial charge in [0.15, 0.2) is 5.76 Å². The molecular formula is C14H10O3. The van der Waals surface area contributed by atoms with E-state index >= 15 is 0 Å². The number of rotatable bonds is 2. The third kappa shape index (κ3) is 1.56. The van der Waals surface area contributed by atoms with Crippen LogP contribution in [0.15, 0.2) is 51.5 Å². The van der Waals surface area contributed by atoms with Gasteiger partial charge in [0.25, 0.3) is 0 Å². The molecule has 0 aliphatic rings. The van der Waals surface area contributed by atoms with E-state index in [4.69, 9.17) is 8.83 Å². The van der Waals surface area contributed by atoms with Gasteiger partial charge in [0.2, 0.25) is 5.78 Å². The Kier molecular flexibility index (Phi) is 2.11. The van der Waals surface area contributed by atoms with Crippen LogP contribution in [0.1, 0.15) is 21.9 Å². The number of carbonyl (C=O) groups is 1. The lowest BCUT2D eigenvalue weighted by Gasteiger charge is -1.93. The maximum Gasteiger partial charge on any atom is 0.231 e. The second-order valence-corrected chi connectivity index (χ2v) is 3.87. The summed E-state index contributed by atoms with van der Waals surface area (Å²) in [7, 11) is 0. The van der Waals surface area contributed by atoms with Gasteiger partial charge in [-0.1, -0.05) is 18.2 Å². The largest absolute Gasteiger partial charge is 0.469 e. The predicted molar refractivity (Wildman–Crippen MR) is 63.1 cm³/mol. The molecule has 2 heterocycles. The van der Waals surface area contributed by atoms with Crippen molar-refractivity contribution >= 4 is 16.8 Å². The van der Waals surface area contributed by atoms with Crippen molar-refractivity contribution in [2.75, 3.05) is 0 Å². The van der Waals surface area contributed by atoms with E-state index in [0.717, 1.165) is 11.0 Å². The first-order chi connectivity index (χ1) is 8.25. The average Bonchev–Trinajstić information content (AvgIpc) is 2.93. The quantitative estimate of drug-likeness (QED) is 0.627. The number of ketones is 1. The number of para-hydroxylation sites is 1. The predicted octanol–water partition coefficient (Wildman–Crippen LogP) is 3.57. The maximum atomic E-state index is 12.1. The molecule has 3 rings (SSSR count). The summed E-state index contributed by atoms with van der Waals surface area (Å²) >= 11 is 0. The zero-order valence-electron chi connectivity index (χ0n) is 9.27. The molecule has 3 heteroatoms. The van der Waals surface area contributed by atoms with Crippen molar-refractivity contribution in [1.29, 1.82) is 0 Å². The Morgan fingerprint density at radius 1 is 1.18 bits per heavy atom. The standard InChI is InChI=1S/C14H10O3/c1-9-11(6-7-16-9)14(15)13-8-10-4-2-3-5-12(10)17-13/h2-8H,1H3. The topological polar surface area (TPSA) is 43.4 Å². The number of aryl methyl sites for hydroxylation is 1. The lowest BCUT2D eigenvalue weighted by molar-refractivity contribution is 0.101. The third-order valence-corrected chi connectivity index (χ3v) is 2.75. The lowest BCUT2D eigenvalue weighted by Crippen LogP contribution is -1.99. The van der Waals surface area contributed by atoms with Crippen LogP contribution in [-0.4, -0.2) is 5.78 Å². The molecule has 0 N–H and O–H groups in total. The minimum absolute atomic E-state index is 0.146. The van der Waals surface area contributed by atoms with E-state index in [1.165, 1.54) is 6.26 Å². The van der Waals surface area contributed by atoms with Crippen LogP contribution in [0.2, 0.25) is 0 Å². The molecule has 0 spiro atoms. The van der Waals surface area contributed by atoms with Crippen LogP contribution < -0.4 is 0 Å². The zero-order valence-corrected chi connectivity index (χ0v) is 9.27. The van der Waals surface area contributed by atoms with Gasteiger partial charge in [-0.3, -0.25) is 4.79 Å². The first-order valence-electron chi connectivity index (χ1n) is 5.33. The van der Waals surface area contributed by atoms with Gasteiger partial charge in [0.1, 0.15) is 11.3 Å². The Morgan fingerprint density at radius 3 is 2.71 bits per heavy atom. The van der Waals surface area contributed by atoms with Crippen molar-refractivity contribution < 1.29 is 13.6 Å². The number of furan rings is 2. The highest BCUT2D eigenvalue weighted by Crippen LogP contribution is 2.22. The van der Waals surface area contributed by atoms with Crippen molar-refractivity contribution in [1.82, 2.24) is 0 Å². The van der Waals surface area contributed by atoms with E-state index in [0.29, 0.717) is 17.1 Å². The highest BCUT2D eigenvalue weighted by molar-refractivity contribution is 6.09. The average molecular weight is 226 g/mol. The lowest BCUT2D eigenvalue weighted by atomic mass is 10.1. The second kappa shape index (κ2) is 3.63. The molecule has 0 saturated carbocycles. The molecule has 0 fully saturated rings. The van der Waals surface area contributed by atoms with Gasteiger partial charge in [-0.05, 0) is 25.1 Å². The van der Waals surface area contributed by atoms with Crippen LogP contribution in [-0.2, 0) is 0 Å². The summed E-state index contributed by atoms with van der Waals surface area (Å²) in [5, 5.41) is 0.928. The van der Waals surface area contributed by atoms with Crippen LogP contribution in [0.3, 0.4) is 0 Å². The monoisotopic (exact) mass is 226 g/mol. The number of carbonyl (C=O) groups excluding carboxylic acids is 1. The van der Waals surface area contributed by atoms with Gasteiger partial charge in [-0.2, -0.15) is 0 Å². The Morgan fingerprint density at radius 2 is 2.00 bits per heavy atom. The molecule has 0 radical (unpaired) electrons. The smallest absolute Gasteiger partial charge is 0.231 e. The molecule has 0 unspecified atom stereocenters. The summed E-state index contributed by atoms with van der Waals surface area (Å²) in [6, 6.07) is 11.0. The van der Waals surface area contributed by atoms with Crippen molar-refractivity contribution in [2.24, 2.45) is 0 Å². The molecule has 84 valence electrons. The number of hydrogen-bond donors (Lipinski definition) is 0. The Balaban J connectivity index is 2.10.